The van der Waals surface area contributed by atoms with Gasteiger partial charge in [0.15, 0.2) is 0 Å². The second-order valence-corrected chi connectivity index (χ2v) is 4.91. The zero-order chi connectivity index (χ0) is 14.8. The molecule has 1 aromatic rings. The Labute approximate surface area is 122 Å². The second kappa shape index (κ2) is 9.13. The van der Waals surface area contributed by atoms with Gasteiger partial charge in [-0.25, -0.2) is 0 Å². The largest absolute Gasteiger partial charge is 0.461 e. The van der Waals surface area contributed by atoms with Crippen molar-refractivity contribution in [2.24, 2.45) is 0 Å². The van der Waals surface area contributed by atoms with Crippen LogP contribution in [0.1, 0.15) is 39.2 Å². The Kier molecular flexibility index (Phi) is 7.41. The van der Waals surface area contributed by atoms with Crippen molar-refractivity contribution in [3.05, 3.63) is 59.2 Å². The Hall–Kier alpha value is -1.83. The molecule has 2 heteroatoms. The maximum absolute atomic E-state index is 11.7. The molecule has 2 nitrogen and oxygen atoms in total. The van der Waals surface area contributed by atoms with Crippen LogP contribution < -0.4 is 0 Å². The van der Waals surface area contributed by atoms with Crippen molar-refractivity contribution in [3.8, 4) is 0 Å². The van der Waals surface area contributed by atoms with Gasteiger partial charge >= 0.3 is 5.97 Å². The normalized spacial score (nSPS) is 12.3. The Morgan fingerprint density at radius 3 is 2.40 bits per heavy atom. The van der Waals surface area contributed by atoms with Crippen LogP contribution in [-0.2, 0) is 16.0 Å². The van der Waals surface area contributed by atoms with E-state index < -0.39 is 0 Å². The predicted molar refractivity (Wildman–Crippen MR) is 83.5 cm³/mol. The van der Waals surface area contributed by atoms with Gasteiger partial charge in [0.05, 0.1) is 6.42 Å². The number of ether oxygens (including phenoxy) is 1. The van der Waals surface area contributed by atoms with Crippen LogP contribution in [0.4, 0.5) is 0 Å². The first-order valence-electron chi connectivity index (χ1n) is 7.17. The van der Waals surface area contributed by atoms with Crippen molar-refractivity contribution in [2.45, 2.75) is 40.0 Å². The second-order valence-electron chi connectivity index (χ2n) is 4.91. The molecule has 0 unspecified atom stereocenters. The number of hydrogen-bond donors (Lipinski definition) is 0. The summed E-state index contributed by atoms with van der Waals surface area (Å²) in [5.74, 6) is -0.185. The Balaban J connectivity index is 2.38. The summed E-state index contributed by atoms with van der Waals surface area (Å²) in [6.45, 7) is 6.64. The van der Waals surface area contributed by atoms with Crippen LogP contribution in [0, 0.1) is 0 Å². The molecule has 0 amide bonds. The highest BCUT2D eigenvalue weighted by atomic mass is 16.5. The summed E-state index contributed by atoms with van der Waals surface area (Å²) in [5.41, 5.74) is 3.41. The third kappa shape index (κ3) is 6.37. The van der Waals surface area contributed by atoms with Crippen LogP contribution in [0.3, 0.4) is 0 Å². The molecule has 0 saturated heterocycles. The van der Waals surface area contributed by atoms with Crippen LogP contribution in [-0.4, -0.2) is 12.6 Å². The first-order chi connectivity index (χ1) is 9.63. The van der Waals surface area contributed by atoms with E-state index >= 15 is 0 Å². The summed E-state index contributed by atoms with van der Waals surface area (Å²) in [7, 11) is 0. The Morgan fingerprint density at radius 2 is 1.75 bits per heavy atom. The van der Waals surface area contributed by atoms with Gasteiger partial charge in [0.2, 0.25) is 0 Å². The van der Waals surface area contributed by atoms with Crippen molar-refractivity contribution in [1.29, 1.82) is 0 Å². The molecular formula is C18H24O2. The zero-order valence-corrected chi connectivity index (χ0v) is 12.7. The molecular weight excluding hydrogens is 248 g/mol. The minimum Gasteiger partial charge on any atom is -0.461 e. The van der Waals surface area contributed by atoms with Gasteiger partial charge in [-0.2, -0.15) is 0 Å². The van der Waals surface area contributed by atoms with E-state index in [-0.39, 0.29) is 5.97 Å². The SMILES string of the molecule is CCC/C=C(C)/C(C)=C/COC(=O)Cc1ccccc1. The molecule has 0 N–H and O–H groups in total. The molecule has 1 aromatic carbocycles. The molecule has 0 aliphatic heterocycles. The van der Waals surface area contributed by atoms with Crippen molar-refractivity contribution in [2.75, 3.05) is 6.61 Å². The summed E-state index contributed by atoms with van der Waals surface area (Å²) < 4.78 is 5.23. The number of rotatable bonds is 7. The molecule has 0 aliphatic rings. The Bertz CT molecular complexity index is 469. The van der Waals surface area contributed by atoms with Crippen molar-refractivity contribution in [1.82, 2.24) is 0 Å². The van der Waals surface area contributed by atoms with Crippen molar-refractivity contribution < 1.29 is 9.53 Å². The lowest BCUT2D eigenvalue weighted by Gasteiger charge is -2.04. The lowest BCUT2D eigenvalue weighted by molar-refractivity contribution is -0.141. The molecule has 0 aromatic heterocycles. The quantitative estimate of drug-likeness (QED) is 0.541. The van der Waals surface area contributed by atoms with E-state index in [9.17, 15) is 4.79 Å². The molecule has 0 atom stereocenters. The first-order valence-corrected chi connectivity index (χ1v) is 7.17. The highest BCUT2D eigenvalue weighted by molar-refractivity contribution is 5.72. The van der Waals surface area contributed by atoms with E-state index in [0.29, 0.717) is 13.0 Å². The molecule has 1 rings (SSSR count). The lowest BCUT2D eigenvalue weighted by Crippen LogP contribution is -2.08. The third-order valence-corrected chi connectivity index (χ3v) is 3.19. The molecule has 0 spiro atoms. The minimum absolute atomic E-state index is 0.185. The molecule has 0 bridgehead atoms. The average molecular weight is 272 g/mol. The van der Waals surface area contributed by atoms with E-state index in [1.807, 2.05) is 43.3 Å². The first kappa shape index (κ1) is 16.2. The number of hydrogen-bond acceptors (Lipinski definition) is 2. The average Bonchev–Trinajstić information content (AvgIpc) is 2.45. The predicted octanol–water partition coefficient (Wildman–Crippen LogP) is 4.47. The van der Waals surface area contributed by atoms with E-state index in [1.165, 1.54) is 11.1 Å². The number of benzene rings is 1. The van der Waals surface area contributed by atoms with Gasteiger partial charge < -0.3 is 4.74 Å². The molecule has 0 saturated carbocycles. The summed E-state index contributed by atoms with van der Waals surface area (Å²) in [5, 5.41) is 0. The third-order valence-electron chi connectivity index (χ3n) is 3.19. The Morgan fingerprint density at radius 1 is 1.10 bits per heavy atom. The molecule has 20 heavy (non-hydrogen) atoms. The molecule has 0 heterocycles. The summed E-state index contributed by atoms with van der Waals surface area (Å²) in [6.07, 6.45) is 6.75. The minimum atomic E-state index is -0.185. The fraction of sp³-hybridized carbons (Fsp3) is 0.389. The lowest BCUT2D eigenvalue weighted by atomic mass is 10.1. The highest BCUT2D eigenvalue weighted by Crippen LogP contribution is 2.10. The van der Waals surface area contributed by atoms with Gasteiger partial charge in [-0.3, -0.25) is 4.79 Å². The van der Waals surface area contributed by atoms with E-state index in [0.717, 1.165) is 18.4 Å². The number of unbranched alkanes of at least 4 members (excludes halogenated alkanes) is 1. The van der Waals surface area contributed by atoms with Crippen LogP contribution in [0.5, 0.6) is 0 Å². The van der Waals surface area contributed by atoms with Crippen LogP contribution in [0.25, 0.3) is 0 Å². The maximum atomic E-state index is 11.7. The smallest absolute Gasteiger partial charge is 0.310 e. The standard InChI is InChI=1S/C18H24O2/c1-4-5-9-15(2)16(3)12-13-20-18(19)14-17-10-7-6-8-11-17/h6-12H,4-5,13-14H2,1-3H3/b15-9+,16-12+. The highest BCUT2D eigenvalue weighted by Gasteiger charge is 2.03. The maximum Gasteiger partial charge on any atom is 0.310 e. The van der Waals surface area contributed by atoms with E-state index in [4.69, 9.17) is 4.74 Å². The van der Waals surface area contributed by atoms with E-state index in [2.05, 4.69) is 19.9 Å². The van der Waals surface area contributed by atoms with Crippen LogP contribution in [0.15, 0.2) is 53.6 Å². The molecule has 108 valence electrons. The zero-order valence-electron chi connectivity index (χ0n) is 12.7. The van der Waals surface area contributed by atoms with Crippen LogP contribution >= 0.6 is 0 Å². The van der Waals surface area contributed by atoms with Gasteiger partial charge in [0.1, 0.15) is 6.61 Å². The molecule has 0 aliphatic carbocycles. The number of carbonyl (C=O) groups is 1. The van der Waals surface area contributed by atoms with Gasteiger partial charge in [-0.05, 0) is 37.5 Å². The van der Waals surface area contributed by atoms with Gasteiger partial charge in [0, 0.05) is 0 Å². The van der Waals surface area contributed by atoms with Gasteiger partial charge in [-0.15, -0.1) is 0 Å². The monoisotopic (exact) mass is 272 g/mol. The van der Waals surface area contributed by atoms with Crippen molar-refractivity contribution >= 4 is 5.97 Å². The summed E-state index contributed by atoms with van der Waals surface area (Å²) in [4.78, 5) is 11.7. The fourth-order valence-corrected chi connectivity index (χ4v) is 1.76. The number of carbonyl (C=O) groups excluding carboxylic acids is 1. The fourth-order valence-electron chi connectivity index (χ4n) is 1.76. The van der Waals surface area contributed by atoms with Crippen LogP contribution in [0.2, 0.25) is 0 Å². The topological polar surface area (TPSA) is 26.3 Å². The summed E-state index contributed by atoms with van der Waals surface area (Å²) >= 11 is 0. The van der Waals surface area contributed by atoms with Crippen molar-refractivity contribution in [3.63, 3.8) is 0 Å². The number of allylic oxidation sites excluding steroid dienone is 3. The number of esters is 1. The van der Waals surface area contributed by atoms with Gasteiger partial charge in [-0.1, -0.05) is 55.3 Å². The molecule has 0 radical (unpaired) electrons. The summed E-state index contributed by atoms with van der Waals surface area (Å²) in [6, 6.07) is 9.65. The molecule has 0 fully saturated rings. The van der Waals surface area contributed by atoms with Gasteiger partial charge in [0.25, 0.3) is 0 Å². The van der Waals surface area contributed by atoms with E-state index in [1.54, 1.807) is 0 Å².